The first kappa shape index (κ1) is 12.1. The quantitative estimate of drug-likeness (QED) is 0.867. The third-order valence-electron chi connectivity index (χ3n) is 2.38. The van der Waals surface area contributed by atoms with Crippen molar-refractivity contribution in [1.29, 1.82) is 0 Å². The molecule has 0 radical (unpaired) electrons. The van der Waals surface area contributed by atoms with Crippen LogP contribution in [0.25, 0.3) is 0 Å². The number of aromatic nitrogens is 3. The van der Waals surface area contributed by atoms with Crippen molar-refractivity contribution in [2.24, 2.45) is 0 Å². The Morgan fingerprint density at radius 2 is 2.28 bits per heavy atom. The van der Waals surface area contributed by atoms with Crippen LogP contribution in [0, 0.1) is 0 Å². The van der Waals surface area contributed by atoms with E-state index in [2.05, 4.69) is 10.1 Å². The number of rotatable bonds is 5. The van der Waals surface area contributed by atoms with Crippen LogP contribution in [0.2, 0.25) is 0 Å². The van der Waals surface area contributed by atoms with Gasteiger partial charge in [0.2, 0.25) is 0 Å². The Bertz CT molecular complexity index is 551. The van der Waals surface area contributed by atoms with E-state index in [-0.39, 0.29) is 5.56 Å². The molecule has 0 bridgehead atoms. The van der Waals surface area contributed by atoms with Gasteiger partial charge in [-0.05, 0) is 13.0 Å². The van der Waals surface area contributed by atoms with Gasteiger partial charge in [0.15, 0.2) is 0 Å². The number of aryl methyl sites for hydroxylation is 1. The lowest BCUT2D eigenvalue weighted by Gasteiger charge is -2.04. The van der Waals surface area contributed by atoms with Gasteiger partial charge < -0.3 is 9.84 Å². The summed E-state index contributed by atoms with van der Waals surface area (Å²) in [5.74, 6) is -0.592. The minimum absolute atomic E-state index is 0.108. The van der Waals surface area contributed by atoms with E-state index in [1.165, 1.54) is 18.5 Å². The summed E-state index contributed by atoms with van der Waals surface area (Å²) in [5.41, 5.74) is 1.04. The summed E-state index contributed by atoms with van der Waals surface area (Å²) < 4.78 is 7.26. The fourth-order valence-corrected chi connectivity index (χ4v) is 1.44. The molecule has 2 heterocycles. The van der Waals surface area contributed by atoms with Gasteiger partial charge in [0.1, 0.15) is 12.4 Å². The third-order valence-corrected chi connectivity index (χ3v) is 2.38. The molecule has 0 unspecified atom stereocenters. The lowest BCUT2D eigenvalue weighted by molar-refractivity contribution is 0.0696. The largest absolute Gasteiger partial charge is 0.487 e. The van der Waals surface area contributed by atoms with E-state index < -0.39 is 5.97 Å². The fourth-order valence-electron chi connectivity index (χ4n) is 1.44. The SMILES string of the molecule is CCn1cc(COc2cncc(C(=O)O)c2)cn1. The van der Waals surface area contributed by atoms with Gasteiger partial charge in [-0.15, -0.1) is 0 Å². The number of hydrogen-bond acceptors (Lipinski definition) is 4. The molecule has 6 nitrogen and oxygen atoms in total. The molecule has 0 amide bonds. The second-order valence-electron chi connectivity index (χ2n) is 3.71. The predicted octanol–water partition coefficient (Wildman–Crippen LogP) is 1.58. The lowest BCUT2D eigenvalue weighted by atomic mass is 10.3. The normalized spacial score (nSPS) is 10.3. The van der Waals surface area contributed by atoms with Crippen LogP contribution in [0.1, 0.15) is 22.8 Å². The van der Waals surface area contributed by atoms with Gasteiger partial charge >= 0.3 is 5.97 Å². The van der Waals surface area contributed by atoms with Crippen molar-refractivity contribution in [3.8, 4) is 5.75 Å². The smallest absolute Gasteiger partial charge is 0.337 e. The summed E-state index contributed by atoms with van der Waals surface area (Å²) in [7, 11) is 0. The molecule has 0 fully saturated rings. The second kappa shape index (κ2) is 5.31. The Kier molecular flexibility index (Phi) is 3.57. The van der Waals surface area contributed by atoms with E-state index >= 15 is 0 Å². The third kappa shape index (κ3) is 2.85. The average molecular weight is 247 g/mol. The molecule has 2 aromatic heterocycles. The Hall–Kier alpha value is -2.37. The van der Waals surface area contributed by atoms with Crippen molar-refractivity contribution in [2.45, 2.75) is 20.1 Å². The highest BCUT2D eigenvalue weighted by molar-refractivity contribution is 5.87. The topological polar surface area (TPSA) is 77.2 Å². The van der Waals surface area contributed by atoms with Crippen molar-refractivity contribution < 1.29 is 14.6 Å². The van der Waals surface area contributed by atoms with Gasteiger partial charge in [-0.25, -0.2) is 4.79 Å². The second-order valence-corrected chi connectivity index (χ2v) is 3.71. The molecule has 0 atom stereocenters. The van der Waals surface area contributed by atoms with Crippen LogP contribution >= 0.6 is 0 Å². The van der Waals surface area contributed by atoms with Crippen molar-refractivity contribution >= 4 is 5.97 Å². The molecule has 6 heteroatoms. The number of hydrogen-bond donors (Lipinski definition) is 1. The van der Waals surface area contributed by atoms with Gasteiger partial charge in [-0.2, -0.15) is 5.10 Å². The van der Waals surface area contributed by atoms with Crippen LogP contribution in [-0.2, 0) is 13.2 Å². The summed E-state index contributed by atoms with van der Waals surface area (Å²) >= 11 is 0. The summed E-state index contributed by atoms with van der Waals surface area (Å²) in [6.45, 7) is 3.14. The maximum atomic E-state index is 10.8. The van der Waals surface area contributed by atoms with Gasteiger partial charge in [-0.3, -0.25) is 9.67 Å². The number of carboxylic acids is 1. The van der Waals surface area contributed by atoms with Crippen LogP contribution in [0.4, 0.5) is 0 Å². The van der Waals surface area contributed by atoms with Crippen molar-refractivity contribution in [3.05, 3.63) is 42.0 Å². The molecule has 2 aromatic rings. The zero-order chi connectivity index (χ0) is 13.0. The van der Waals surface area contributed by atoms with Gasteiger partial charge in [0.05, 0.1) is 18.0 Å². The average Bonchev–Trinajstić information content (AvgIpc) is 2.84. The Morgan fingerprint density at radius 1 is 1.44 bits per heavy atom. The minimum Gasteiger partial charge on any atom is -0.487 e. The summed E-state index contributed by atoms with van der Waals surface area (Å²) in [4.78, 5) is 14.6. The molecule has 0 aliphatic carbocycles. The van der Waals surface area contributed by atoms with Crippen molar-refractivity contribution in [1.82, 2.24) is 14.8 Å². The van der Waals surface area contributed by atoms with Crippen LogP contribution in [0.5, 0.6) is 5.75 Å². The lowest BCUT2D eigenvalue weighted by Crippen LogP contribution is -2.00. The first-order chi connectivity index (χ1) is 8.69. The van der Waals surface area contributed by atoms with Crippen LogP contribution in [0.15, 0.2) is 30.9 Å². The number of aromatic carboxylic acids is 1. The molecular formula is C12H13N3O3. The van der Waals surface area contributed by atoms with E-state index in [0.717, 1.165) is 12.1 Å². The monoisotopic (exact) mass is 247 g/mol. The number of carbonyl (C=O) groups is 1. The molecule has 1 N–H and O–H groups in total. The first-order valence-corrected chi connectivity index (χ1v) is 5.51. The molecule has 0 saturated carbocycles. The van der Waals surface area contributed by atoms with E-state index in [0.29, 0.717) is 12.4 Å². The molecule has 18 heavy (non-hydrogen) atoms. The van der Waals surface area contributed by atoms with Crippen LogP contribution in [-0.4, -0.2) is 25.8 Å². The molecule has 0 saturated heterocycles. The van der Waals surface area contributed by atoms with Crippen molar-refractivity contribution in [2.75, 3.05) is 0 Å². The molecule has 0 aromatic carbocycles. The molecule has 0 aliphatic heterocycles. The Labute approximate surface area is 104 Å². The number of pyridine rings is 1. The Morgan fingerprint density at radius 3 is 2.94 bits per heavy atom. The molecule has 94 valence electrons. The molecule has 0 aliphatic rings. The predicted molar refractivity (Wildman–Crippen MR) is 63.4 cm³/mol. The number of carboxylic acid groups (broad SMARTS) is 1. The zero-order valence-corrected chi connectivity index (χ0v) is 9.91. The van der Waals surface area contributed by atoms with Gasteiger partial charge in [0.25, 0.3) is 0 Å². The molecular weight excluding hydrogens is 234 g/mol. The van der Waals surface area contributed by atoms with E-state index in [9.17, 15) is 4.79 Å². The van der Waals surface area contributed by atoms with E-state index in [1.54, 1.807) is 10.9 Å². The highest BCUT2D eigenvalue weighted by atomic mass is 16.5. The van der Waals surface area contributed by atoms with E-state index in [4.69, 9.17) is 9.84 Å². The molecule has 0 spiro atoms. The number of nitrogens with zero attached hydrogens (tertiary/aromatic N) is 3. The highest BCUT2D eigenvalue weighted by Gasteiger charge is 2.05. The van der Waals surface area contributed by atoms with Gasteiger partial charge in [-0.1, -0.05) is 0 Å². The summed E-state index contributed by atoms with van der Waals surface area (Å²) in [6, 6.07) is 1.44. The maximum Gasteiger partial charge on any atom is 0.337 e. The standard InChI is InChI=1S/C12H13N3O3/c1-2-15-7-9(4-14-15)8-18-11-3-10(12(16)17)5-13-6-11/h3-7H,2,8H2,1H3,(H,16,17). The van der Waals surface area contributed by atoms with Gasteiger partial charge in [0, 0.05) is 24.5 Å². The fraction of sp³-hybridized carbons (Fsp3) is 0.250. The van der Waals surface area contributed by atoms with Crippen LogP contribution < -0.4 is 4.74 Å². The number of ether oxygens (including phenoxy) is 1. The maximum absolute atomic E-state index is 10.8. The summed E-state index contributed by atoms with van der Waals surface area (Å²) in [6.07, 6.45) is 6.37. The first-order valence-electron chi connectivity index (χ1n) is 5.51. The summed E-state index contributed by atoms with van der Waals surface area (Å²) in [5, 5.41) is 12.9. The highest BCUT2D eigenvalue weighted by Crippen LogP contribution is 2.13. The Balaban J connectivity index is 2.01. The van der Waals surface area contributed by atoms with Crippen molar-refractivity contribution in [3.63, 3.8) is 0 Å². The van der Waals surface area contributed by atoms with Crippen LogP contribution in [0.3, 0.4) is 0 Å². The minimum atomic E-state index is -1.02. The zero-order valence-electron chi connectivity index (χ0n) is 9.91. The molecule has 2 rings (SSSR count). The van der Waals surface area contributed by atoms with E-state index in [1.807, 2.05) is 13.1 Å².